The fraction of sp³-hybridized carbons (Fsp3) is 0.444. The first-order chi connectivity index (χ1) is 7.59. The summed E-state index contributed by atoms with van der Waals surface area (Å²) in [7, 11) is 1.85. The van der Waals surface area contributed by atoms with Crippen molar-refractivity contribution in [2.24, 2.45) is 12.8 Å². The lowest BCUT2D eigenvalue weighted by Gasteiger charge is -2.08. The standard InChI is InChI=1S/C9H13ClN6/c1-5-8(10)7(16(2)15-5)3-6(11)9-12-4-13-14-9/h4,6H,3,11H2,1-2H3,(H,12,13,14). The second kappa shape index (κ2) is 4.23. The average molecular weight is 241 g/mol. The summed E-state index contributed by atoms with van der Waals surface area (Å²) in [5.74, 6) is 0.648. The molecule has 2 aromatic rings. The van der Waals surface area contributed by atoms with Gasteiger partial charge in [-0.05, 0) is 6.92 Å². The molecule has 0 radical (unpaired) electrons. The van der Waals surface area contributed by atoms with Crippen LogP contribution >= 0.6 is 11.6 Å². The number of aromatic nitrogens is 5. The van der Waals surface area contributed by atoms with E-state index >= 15 is 0 Å². The summed E-state index contributed by atoms with van der Waals surface area (Å²) >= 11 is 6.13. The van der Waals surface area contributed by atoms with Crippen molar-refractivity contribution < 1.29 is 0 Å². The van der Waals surface area contributed by atoms with E-state index in [-0.39, 0.29) is 6.04 Å². The Morgan fingerprint density at radius 3 is 2.88 bits per heavy atom. The summed E-state index contributed by atoms with van der Waals surface area (Å²) in [5.41, 5.74) is 7.70. The highest BCUT2D eigenvalue weighted by Gasteiger charge is 2.17. The molecule has 0 aliphatic carbocycles. The highest BCUT2D eigenvalue weighted by molar-refractivity contribution is 6.31. The van der Waals surface area contributed by atoms with Crippen molar-refractivity contribution in [2.75, 3.05) is 0 Å². The zero-order chi connectivity index (χ0) is 11.7. The lowest BCUT2D eigenvalue weighted by atomic mass is 10.1. The number of rotatable bonds is 3. The van der Waals surface area contributed by atoms with E-state index in [0.717, 1.165) is 11.4 Å². The van der Waals surface area contributed by atoms with Gasteiger partial charge in [0.1, 0.15) is 12.2 Å². The summed E-state index contributed by atoms with van der Waals surface area (Å²) < 4.78 is 1.74. The van der Waals surface area contributed by atoms with E-state index in [0.29, 0.717) is 17.3 Å². The summed E-state index contributed by atoms with van der Waals surface area (Å²) in [6, 6.07) is -0.255. The molecule has 6 nitrogen and oxygen atoms in total. The van der Waals surface area contributed by atoms with Crippen LogP contribution in [0.1, 0.15) is 23.3 Å². The Kier molecular flexibility index (Phi) is 2.93. The van der Waals surface area contributed by atoms with Crippen LogP contribution in [0.4, 0.5) is 0 Å². The summed E-state index contributed by atoms with van der Waals surface area (Å²) in [5, 5.41) is 11.4. The first kappa shape index (κ1) is 11.1. The molecule has 16 heavy (non-hydrogen) atoms. The predicted molar refractivity (Wildman–Crippen MR) is 60.0 cm³/mol. The third-order valence-corrected chi connectivity index (χ3v) is 2.95. The lowest BCUT2D eigenvalue weighted by Crippen LogP contribution is -2.17. The Labute approximate surface area is 97.8 Å². The molecule has 1 unspecified atom stereocenters. The smallest absolute Gasteiger partial charge is 0.141 e. The molecular weight excluding hydrogens is 228 g/mol. The largest absolute Gasteiger partial charge is 0.321 e. The second-order valence-corrected chi connectivity index (χ2v) is 4.03. The van der Waals surface area contributed by atoms with E-state index < -0.39 is 0 Å². The number of hydrogen-bond donors (Lipinski definition) is 2. The third kappa shape index (κ3) is 1.94. The number of halogens is 1. The number of nitrogens with two attached hydrogens (primary N) is 1. The minimum Gasteiger partial charge on any atom is -0.321 e. The number of aromatic amines is 1. The van der Waals surface area contributed by atoms with E-state index in [4.69, 9.17) is 17.3 Å². The SMILES string of the molecule is Cc1nn(C)c(CC(N)c2ncn[nH]2)c1Cl. The maximum atomic E-state index is 6.13. The van der Waals surface area contributed by atoms with Crippen LogP contribution in [0.25, 0.3) is 0 Å². The van der Waals surface area contributed by atoms with Crippen molar-refractivity contribution in [1.82, 2.24) is 25.0 Å². The Hall–Kier alpha value is -1.40. The maximum absolute atomic E-state index is 6.13. The molecule has 7 heteroatoms. The van der Waals surface area contributed by atoms with Gasteiger partial charge in [-0.15, -0.1) is 0 Å². The van der Waals surface area contributed by atoms with Gasteiger partial charge in [-0.1, -0.05) is 11.6 Å². The van der Waals surface area contributed by atoms with Gasteiger partial charge in [-0.3, -0.25) is 9.78 Å². The molecule has 0 spiro atoms. The van der Waals surface area contributed by atoms with Crippen molar-refractivity contribution in [3.8, 4) is 0 Å². The molecule has 2 rings (SSSR count). The van der Waals surface area contributed by atoms with Gasteiger partial charge < -0.3 is 5.73 Å². The number of H-pyrrole nitrogens is 1. The molecule has 2 heterocycles. The third-order valence-electron chi connectivity index (χ3n) is 2.46. The van der Waals surface area contributed by atoms with E-state index in [1.807, 2.05) is 14.0 Å². The van der Waals surface area contributed by atoms with Crippen LogP contribution in [0, 0.1) is 6.92 Å². The van der Waals surface area contributed by atoms with E-state index in [9.17, 15) is 0 Å². The molecule has 1 atom stereocenters. The molecule has 0 aromatic carbocycles. The fourth-order valence-electron chi connectivity index (χ4n) is 1.60. The normalized spacial score (nSPS) is 13.0. The monoisotopic (exact) mass is 240 g/mol. The molecule has 0 saturated heterocycles. The topological polar surface area (TPSA) is 85.4 Å². The summed E-state index contributed by atoms with van der Waals surface area (Å²) in [6.45, 7) is 1.87. The predicted octanol–water partition coefficient (Wildman–Crippen LogP) is 0.743. The van der Waals surface area contributed by atoms with E-state index in [1.54, 1.807) is 4.68 Å². The zero-order valence-electron chi connectivity index (χ0n) is 9.11. The molecule has 0 fully saturated rings. The summed E-state index contributed by atoms with van der Waals surface area (Å²) in [6.07, 6.45) is 2.01. The maximum Gasteiger partial charge on any atom is 0.141 e. The number of aryl methyl sites for hydroxylation is 2. The quantitative estimate of drug-likeness (QED) is 0.829. The molecule has 0 aliphatic heterocycles. The minimum atomic E-state index is -0.255. The number of nitrogens with one attached hydrogen (secondary N) is 1. The van der Waals surface area contributed by atoms with Crippen LogP contribution in [-0.4, -0.2) is 25.0 Å². The Bertz CT molecular complexity index is 474. The van der Waals surface area contributed by atoms with E-state index in [2.05, 4.69) is 20.3 Å². The zero-order valence-corrected chi connectivity index (χ0v) is 9.86. The molecule has 0 aliphatic rings. The van der Waals surface area contributed by atoms with Gasteiger partial charge in [0, 0.05) is 13.5 Å². The van der Waals surface area contributed by atoms with Gasteiger partial charge in [0.05, 0.1) is 22.5 Å². The van der Waals surface area contributed by atoms with Crippen LogP contribution in [-0.2, 0) is 13.5 Å². The fourth-order valence-corrected chi connectivity index (χ4v) is 1.84. The van der Waals surface area contributed by atoms with Crippen LogP contribution in [0.15, 0.2) is 6.33 Å². The van der Waals surface area contributed by atoms with Gasteiger partial charge in [-0.2, -0.15) is 10.2 Å². The molecule has 3 N–H and O–H groups in total. The molecule has 0 amide bonds. The Morgan fingerprint density at radius 2 is 2.38 bits per heavy atom. The van der Waals surface area contributed by atoms with Crippen LogP contribution in [0.2, 0.25) is 5.02 Å². The van der Waals surface area contributed by atoms with Gasteiger partial charge >= 0.3 is 0 Å². The van der Waals surface area contributed by atoms with Crippen molar-refractivity contribution >= 4 is 11.6 Å². The number of hydrogen-bond acceptors (Lipinski definition) is 4. The number of nitrogens with zero attached hydrogens (tertiary/aromatic N) is 4. The van der Waals surface area contributed by atoms with Gasteiger partial charge in [0.25, 0.3) is 0 Å². The second-order valence-electron chi connectivity index (χ2n) is 3.65. The van der Waals surface area contributed by atoms with Crippen LogP contribution in [0.3, 0.4) is 0 Å². The van der Waals surface area contributed by atoms with Crippen molar-refractivity contribution in [2.45, 2.75) is 19.4 Å². The van der Waals surface area contributed by atoms with E-state index in [1.165, 1.54) is 6.33 Å². The summed E-state index contributed by atoms with van der Waals surface area (Å²) in [4.78, 5) is 4.01. The van der Waals surface area contributed by atoms with Gasteiger partial charge in [0.15, 0.2) is 0 Å². The minimum absolute atomic E-state index is 0.255. The first-order valence-electron chi connectivity index (χ1n) is 4.88. The van der Waals surface area contributed by atoms with Gasteiger partial charge in [0.2, 0.25) is 0 Å². The Balaban J connectivity index is 2.21. The van der Waals surface area contributed by atoms with Crippen molar-refractivity contribution in [1.29, 1.82) is 0 Å². The molecule has 0 saturated carbocycles. The molecule has 86 valence electrons. The molecular formula is C9H13ClN6. The van der Waals surface area contributed by atoms with Crippen LogP contribution < -0.4 is 5.73 Å². The molecule has 0 bridgehead atoms. The van der Waals surface area contributed by atoms with Gasteiger partial charge in [-0.25, -0.2) is 4.98 Å². The van der Waals surface area contributed by atoms with Crippen molar-refractivity contribution in [3.63, 3.8) is 0 Å². The lowest BCUT2D eigenvalue weighted by molar-refractivity contribution is 0.616. The first-order valence-corrected chi connectivity index (χ1v) is 5.26. The molecule has 2 aromatic heterocycles. The average Bonchev–Trinajstić information content (AvgIpc) is 2.83. The highest BCUT2D eigenvalue weighted by atomic mass is 35.5. The highest BCUT2D eigenvalue weighted by Crippen LogP contribution is 2.23. The van der Waals surface area contributed by atoms with Crippen LogP contribution in [0.5, 0.6) is 0 Å². The van der Waals surface area contributed by atoms with Crippen molar-refractivity contribution in [3.05, 3.63) is 28.6 Å². The Morgan fingerprint density at radius 1 is 1.62 bits per heavy atom.